The van der Waals surface area contributed by atoms with Crippen LogP contribution in [-0.2, 0) is 4.79 Å². The molecule has 3 rings (SSSR count). The summed E-state index contributed by atoms with van der Waals surface area (Å²) >= 11 is 11.9. The number of benzene rings is 3. The zero-order valence-corrected chi connectivity index (χ0v) is 17.9. The van der Waals surface area contributed by atoms with Gasteiger partial charge in [0.25, 0.3) is 11.8 Å². The Kier molecular flexibility index (Phi) is 6.98. The third-order valence-electron chi connectivity index (χ3n) is 4.41. The van der Waals surface area contributed by atoms with Gasteiger partial charge in [-0.25, -0.2) is 0 Å². The maximum Gasteiger partial charge on any atom is 0.265 e. The Morgan fingerprint density at radius 3 is 2.27 bits per heavy atom. The first-order chi connectivity index (χ1) is 14.3. The van der Waals surface area contributed by atoms with Crippen LogP contribution in [0.1, 0.15) is 17.3 Å². The number of carbonyl (C=O) groups is 2. The molecule has 7 heteroatoms. The normalized spacial score (nSPS) is 11.5. The topological polar surface area (TPSA) is 58.6 Å². The molecule has 0 aliphatic carbocycles. The molecule has 2 amide bonds. The van der Waals surface area contributed by atoms with Gasteiger partial charge in [0.15, 0.2) is 6.10 Å². The quantitative estimate of drug-likeness (QED) is 0.534. The second-order valence-electron chi connectivity index (χ2n) is 6.60. The van der Waals surface area contributed by atoms with Crippen molar-refractivity contribution >= 4 is 46.4 Å². The van der Waals surface area contributed by atoms with Gasteiger partial charge in [-0.2, -0.15) is 0 Å². The number of hydrogen-bond acceptors (Lipinski definition) is 3. The monoisotopic (exact) mass is 442 g/mol. The summed E-state index contributed by atoms with van der Waals surface area (Å²) in [5.41, 5.74) is 1.86. The van der Waals surface area contributed by atoms with Crippen LogP contribution in [0.5, 0.6) is 5.75 Å². The molecule has 1 N–H and O–H groups in total. The maximum atomic E-state index is 12.6. The zero-order valence-electron chi connectivity index (χ0n) is 16.4. The fraction of sp³-hybridized carbons (Fsp3) is 0.130. The molecule has 30 heavy (non-hydrogen) atoms. The summed E-state index contributed by atoms with van der Waals surface area (Å²) in [5.74, 6) is -0.122. The van der Waals surface area contributed by atoms with E-state index < -0.39 is 6.10 Å². The first-order valence-corrected chi connectivity index (χ1v) is 9.96. The van der Waals surface area contributed by atoms with Gasteiger partial charge in [0.05, 0.1) is 5.02 Å². The van der Waals surface area contributed by atoms with Gasteiger partial charge in [-0.15, -0.1) is 0 Å². The molecule has 3 aromatic rings. The Labute approximate surface area is 185 Å². The minimum Gasteiger partial charge on any atom is -0.479 e. The molecule has 154 valence electrons. The minimum absolute atomic E-state index is 0.145. The van der Waals surface area contributed by atoms with Gasteiger partial charge in [0, 0.05) is 29.0 Å². The van der Waals surface area contributed by atoms with Crippen molar-refractivity contribution in [3.05, 3.63) is 88.4 Å². The summed E-state index contributed by atoms with van der Waals surface area (Å²) in [4.78, 5) is 26.6. The molecule has 0 bridgehead atoms. The van der Waals surface area contributed by atoms with Gasteiger partial charge in [-0.05, 0) is 61.5 Å². The van der Waals surface area contributed by atoms with Crippen LogP contribution < -0.4 is 15.0 Å². The molecule has 0 aliphatic heterocycles. The van der Waals surface area contributed by atoms with Crippen molar-refractivity contribution in [3.63, 3.8) is 0 Å². The summed E-state index contributed by atoms with van der Waals surface area (Å²) in [7, 11) is 1.72. The molecular weight excluding hydrogens is 423 g/mol. The molecule has 0 heterocycles. The Balaban J connectivity index is 1.62. The predicted molar refractivity (Wildman–Crippen MR) is 121 cm³/mol. The second kappa shape index (κ2) is 9.65. The number of rotatable bonds is 6. The van der Waals surface area contributed by atoms with E-state index >= 15 is 0 Å². The molecule has 0 aliphatic rings. The van der Waals surface area contributed by atoms with E-state index in [0.717, 1.165) is 5.69 Å². The molecule has 0 spiro atoms. The van der Waals surface area contributed by atoms with Crippen LogP contribution in [-0.4, -0.2) is 25.0 Å². The van der Waals surface area contributed by atoms with E-state index in [4.69, 9.17) is 27.9 Å². The highest BCUT2D eigenvalue weighted by Crippen LogP contribution is 2.28. The number of anilines is 2. The average molecular weight is 443 g/mol. The molecule has 0 fully saturated rings. The van der Waals surface area contributed by atoms with Gasteiger partial charge in [0.2, 0.25) is 0 Å². The number of halogens is 2. The largest absolute Gasteiger partial charge is 0.479 e. The van der Waals surface area contributed by atoms with Crippen molar-refractivity contribution in [2.45, 2.75) is 13.0 Å². The van der Waals surface area contributed by atoms with E-state index in [2.05, 4.69) is 5.32 Å². The summed E-state index contributed by atoms with van der Waals surface area (Å²) in [6.07, 6.45) is -0.783. The maximum absolute atomic E-state index is 12.6. The van der Waals surface area contributed by atoms with Gasteiger partial charge in [-0.3, -0.25) is 9.59 Å². The SMILES string of the molecule is CC(Oc1ccc(Cl)cc1Cl)C(=O)Nc1ccc(C(=O)N(C)c2ccccc2)cc1. The molecule has 0 saturated carbocycles. The highest BCUT2D eigenvalue weighted by molar-refractivity contribution is 6.35. The third kappa shape index (κ3) is 5.32. The lowest BCUT2D eigenvalue weighted by atomic mass is 10.1. The fourth-order valence-electron chi connectivity index (χ4n) is 2.72. The summed E-state index contributed by atoms with van der Waals surface area (Å²) < 4.78 is 5.61. The number of ether oxygens (including phenoxy) is 1. The van der Waals surface area contributed by atoms with Gasteiger partial charge >= 0.3 is 0 Å². The van der Waals surface area contributed by atoms with E-state index in [9.17, 15) is 9.59 Å². The first-order valence-electron chi connectivity index (χ1n) is 9.21. The number of para-hydroxylation sites is 1. The summed E-state index contributed by atoms with van der Waals surface area (Å²) in [6, 6.07) is 20.8. The molecule has 3 aromatic carbocycles. The van der Waals surface area contributed by atoms with Gasteiger partial charge in [-0.1, -0.05) is 41.4 Å². The number of carbonyl (C=O) groups excluding carboxylic acids is 2. The molecule has 0 aromatic heterocycles. The summed E-state index contributed by atoms with van der Waals surface area (Å²) in [6.45, 7) is 1.62. The van der Waals surface area contributed by atoms with E-state index in [-0.39, 0.29) is 11.8 Å². The van der Waals surface area contributed by atoms with E-state index in [1.54, 1.807) is 61.3 Å². The van der Waals surface area contributed by atoms with E-state index in [1.165, 1.54) is 0 Å². The van der Waals surface area contributed by atoms with E-state index in [0.29, 0.717) is 27.0 Å². The average Bonchev–Trinajstić information content (AvgIpc) is 2.75. The van der Waals surface area contributed by atoms with Crippen molar-refractivity contribution in [1.82, 2.24) is 0 Å². The van der Waals surface area contributed by atoms with Crippen molar-refractivity contribution in [3.8, 4) is 5.75 Å². The van der Waals surface area contributed by atoms with Gasteiger partial charge < -0.3 is 15.0 Å². The third-order valence-corrected chi connectivity index (χ3v) is 4.94. The number of nitrogens with one attached hydrogen (secondary N) is 1. The lowest BCUT2D eigenvalue weighted by Gasteiger charge is -2.18. The molecule has 0 saturated heterocycles. The van der Waals surface area contributed by atoms with E-state index in [1.807, 2.05) is 30.3 Å². The van der Waals surface area contributed by atoms with Crippen molar-refractivity contribution in [2.24, 2.45) is 0 Å². The second-order valence-corrected chi connectivity index (χ2v) is 7.44. The molecule has 5 nitrogen and oxygen atoms in total. The molecule has 1 unspecified atom stereocenters. The highest BCUT2D eigenvalue weighted by atomic mass is 35.5. The van der Waals surface area contributed by atoms with Gasteiger partial charge in [0.1, 0.15) is 5.75 Å². The lowest BCUT2D eigenvalue weighted by Crippen LogP contribution is -2.30. The smallest absolute Gasteiger partial charge is 0.265 e. The standard InChI is InChI=1S/C23H20Cl2N2O3/c1-15(30-21-13-10-17(24)14-20(21)25)22(28)26-18-11-8-16(9-12-18)23(29)27(2)19-6-4-3-5-7-19/h3-15H,1-2H3,(H,26,28). The Hall–Kier alpha value is -3.02. The molecular formula is C23H20Cl2N2O3. The van der Waals surface area contributed by atoms with Crippen LogP contribution >= 0.6 is 23.2 Å². The fourth-order valence-corrected chi connectivity index (χ4v) is 3.17. The first kappa shape index (κ1) is 21.7. The van der Waals surface area contributed by atoms with Crippen molar-refractivity contribution < 1.29 is 14.3 Å². The van der Waals surface area contributed by atoms with Crippen LogP contribution in [0.4, 0.5) is 11.4 Å². The Bertz CT molecular complexity index is 1040. The van der Waals surface area contributed by atoms with Crippen LogP contribution in [0.15, 0.2) is 72.8 Å². The number of nitrogens with zero attached hydrogens (tertiary/aromatic N) is 1. The lowest BCUT2D eigenvalue weighted by molar-refractivity contribution is -0.122. The zero-order chi connectivity index (χ0) is 21.7. The summed E-state index contributed by atoms with van der Waals surface area (Å²) in [5, 5.41) is 3.57. The minimum atomic E-state index is -0.783. The molecule has 1 atom stereocenters. The number of amides is 2. The van der Waals surface area contributed by atoms with Crippen LogP contribution in [0.3, 0.4) is 0 Å². The predicted octanol–water partition coefficient (Wildman–Crippen LogP) is 5.68. The van der Waals surface area contributed by atoms with Crippen molar-refractivity contribution in [1.29, 1.82) is 0 Å². The number of hydrogen-bond donors (Lipinski definition) is 1. The molecule has 0 radical (unpaired) electrons. The van der Waals surface area contributed by atoms with Crippen LogP contribution in [0.25, 0.3) is 0 Å². The Morgan fingerprint density at radius 2 is 1.63 bits per heavy atom. The van der Waals surface area contributed by atoms with Crippen LogP contribution in [0, 0.1) is 0 Å². The van der Waals surface area contributed by atoms with Crippen LogP contribution in [0.2, 0.25) is 10.0 Å². The Morgan fingerprint density at radius 1 is 0.967 bits per heavy atom. The van der Waals surface area contributed by atoms with Crippen molar-refractivity contribution in [2.75, 3.05) is 17.3 Å². The highest BCUT2D eigenvalue weighted by Gasteiger charge is 2.17.